The summed E-state index contributed by atoms with van der Waals surface area (Å²) in [6.07, 6.45) is 3.56. The van der Waals surface area contributed by atoms with E-state index in [4.69, 9.17) is 4.74 Å². The number of aromatic nitrogens is 2. The van der Waals surface area contributed by atoms with Crippen molar-refractivity contribution in [3.63, 3.8) is 0 Å². The number of halogens is 1. The van der Waals surface area contributed by atoms with Gasteiger partial charge in [0.1, 0.15) is 0 Å². The van der Waals surface area contributed by atoms with Gasteiger partial charge in [-0.05, 0) is 0 Å². The van der Waals surface area contributed by atoms with E-state index in [2.05, 4.69) is 32.6 Å². The van der Waals surface area contributed by atoms with Gasteiger partial charge in [-0.25, -0.2) is 4.98 Å². The van der Waals surface area contributed by atoms with Crippen molar-refractivity contribution in [1.29, 1.82) is 0 Å². The Morgan fingerprint density at radius 2 is 2.64 bits per heavy atom. The van der Waals surface area contributed by atoms with Gasteiger partial charge in [-0.1, -0.05) is 22.6 Å². The van der Waals surface area contributed by atoms with Crippen LogP contribution in [0.3, 0.4) is 0 Å². The third-order valence-corrected chi connectivity index (χ3v) is 1.52. The molecule has 1 aromatic heterocycles. The van der Waals surface area contributed by atoms with Crippen molar-refractivity contribution in [1.82, 2.24) is 9.97 Å². The Hall–Kier alpha value is -0.590. The molecule has 1 heterocycles. The minimum atomic E-state index is -0.255. The largest absolute Gasteiger partial charge is 0.392 e. The highest BCUT2D eigenvalue weighted by Gasteiger charge is 2.03. The van der Waals surface area contributed by atoms with Crippen LogP contribution < -0.4 is 4.74 Å². The molecule has 11 heavy (non-hydrogen) atoms. The van der Waals surface area contributed by atoms with Crippen molar-refractivity contribution in [2.75, 3.05) is 4.43 Å². The Morgan fingerprint density at radius 1 is 1.82 bits per heavy atom. The molecule has 0 radical (unpaired) electrons. The van der Waals surface area contributed by atoms with Gasteiger partial charge in [0.05, 0.1) is 6.42 Å². The average Bonchev–Trinajstić information content (AvgIpc) is 2.40. The Bertz CT molecular complexity index is 222. The van der Waals surface area contributed by atoms with Gasteiger partial charge in [0.2, 0.25) is 0 Å². The lowest BCUT2D eigenvalue weighted by atomic mass is 10.5. The van der Waals surface area contributed by atoms with Crippen molar-refractivity contribution in [2.45, 2.75) is 6.42 Å². The highest BCUT2D eigenvalue weighted by atomic mass is 127. The topological polar surface area (TPSA) is 55.0 Å². The molecule has 0 aliphatic rings. The summed E-state index contributed by atoms with van der Waals surface area (Å²) >= 11 is 2.11. The molecule has 5 heteroatoms. The zero-order valence-corrected chi connectivity index (χ0v) is 7.87. The second kappa shape index (κ2) is 4.32. The maximum atomic E-state index is 10.8. The van der Waals surface area contributed by atoms with Gasteiger partial charge in [0.15, 0.2) is 0 Å². The molecule has 0 saturated heterocycles. The first-order valence-corrected chi connectivity index (χ1v) is 4.61. The first-order valence-electron chi connectivity index (χ1n) is 3.09. The number of carbonyl (C=O) groups is 1. The molecule has 4 nitrogen and oxygen atoms in total. The third kappa shape index (κ3) is 2.87. The number of H-pyrrole nitrogens is 1. The average molecular weight is 266 g/mol. The summed E-state index contributed by atoms with van der Waals surface area (Å²) < 4.78 is 5.55. The highest BCUT2D eigenvalue weighted by molar-refractivity contribution is 14.1. The quantitative estimate of drug-likeness (QED) is 0.507. The monoisotopic (exact) mass is 266 g/mol. The fraction of sp³-hybridized carbons (Fsp3) is 0.333. The predicted molar refractivity (Wildman–Crippen MR) is 47.7 cm³/mol. The van der Waals surface area contributed by atoms with Crippen LogP contribution in [0.4, 0.5) is 0 Å². The van der Waals surface area contributed by atoms with Crippen molar-refractivity contribution in [3.8, 4) is 6.01 Å². The van der Waals surface area contributed by atoms with Crippen molar-refractivity contribution >= 4 is 28.6 Å². The predicted octanol–water partition coefficient (Wildman–Crippen LogP) is 1.14. The van der Waals surface area contributed by atoms with Crippen LogP contribution in [-0.4, -0.2) is 20.4 Å². The molecule has 1 N–H and O–H groups in total. The fourth-order valence-corrected chi connectivity index (χ4v) is 0.983. The molecule has 1 rings (SSSR count). The first-order chi connectivity index (χ1) is 5.33. The number of hydrogen-bond donors (Lipinski definition) is 1. The maximum Gasteiger partial charge on any atom is 0.314 e. The lowest BCUT2D eigenvalue weighted by molar-refractivity contribution is -0.134. The summed E-state index contributed by atoms with van der Waals surface area (Å²) in [6, 6.07) is 0.264. The SMILES string of the molecule is O=C(CCI)Oc1ncc[nH]1. The van der Waals surface area contributed by atoms with Crippen molar-refractivity contribution in [2.24, 2.45) is 0 Å². The summed E-state index contributed by atoms with van der Waals surface area (Å²) in [7, 11) is 0. The number of alkyl halides is 1. The molecule has 0 aromatic carbocycles. The molecule has 0 unspecified atom stereocenters. The molecule has 0 atom stereocenters. The number of ether oxygens (including phenoxy) is 1. The molecule has 60 valence electrons. The van der Waals surface area contributed by atoms with Gasteiger partial charge in [-0.3, -0.25) is 4.79 Å². The van der Waals surface area contributed by atoms with Gasteiger partial charge >= 0.3 is 12.0 Å². The molecule has 0 fully saturated rings. The van der Waals surface area contributed by atoms with Crippen LogP contribution in [0.15, 0.2) is 12.4 Å². The summed E-state index contributed by atoms with van der Waals surface area (Å²) in [5.74, 6) is -0.255. The summed E-state index contributed by atoms with van der Waals surface area (Å²) in [5, 5.41) is 0. The van der Waals surface area contributed by atoms with E-state index < -0.39 is 0 Å². The molecule has 0 aliphatic heterocycles. The first kappa shape index (κ1) is 8.51. The molecule has 0 spiro atoms. The van der Waals surface area contributed by atoms with E-state index in [9.17, 15) is 4.79 Å². The zero-order chi connectivity index (χ0) is 8.10. The molecule has 0 aliphatic carbocycles. The van der Waals surface area contributed by atoms with Gasteiger partial charge < -0.3 is 9.72 Å². The maximum absolute atomic E-state index is 10.8. The van der Waals surface area contributed by atoms with E-state index >= 15 is 0 Å². The second-order valence-electron chi connectivity index (χ2n) is 1.81. The number of aromatic amines is 1. The summed E-state index contributed by atoms with van der Waals surface area (Å²) in [6.45, 7) is 0. The summed E-state index contributed by atoms with van der Waals surface area (Å²) in [4.78, 5) is 17.2. The molecule has 0 bridgehead atoms. The smallest absolute Gasteiger partial charge is 0.314 e. The van der Waals surface area contributed by atoms with Gasteiger partial charge in [0.25, 0.3) is 0 Å². The van der Waals surface area contributed by atoms with Crippen LogP contribution in [0, 0.1) is 0 Å². The summed E-state index contributed by atoms with van der Waals surface area (Å²) in [5.41, 5.74) is 0. The minimum Gasteiger partial charge on any atom is -0.392 e. The number of nitrogens with one attached hydrogen (secondary N) is 1. The Labute approximate surface area is 77.5 Å². The van der Waals surface area contributed by atoms with E-state index in [0.717, 1.165) is 4.43 Å². The van der Waals surface area contributed by atoms with E-state index in [1.54, 1.807) is 6.20 Å². The molecule has 1 aromatic rings. The number of imidazole rings is 1. The van der Waals surface area contributed by atoms with E-state index in [1.807, 2.05) is 0 Å². The number of esters is 1. The molecular weight excluding hydrogens is 259 g/mol. The highest BCUT2D eigenvalue weighted by Crippen LogP contribution is 2.00. The van der Waals surface area contributed by atoms with Crippen LogP contribution in [0.2, 0.25) is 0 Å². The normalized spacial score (nSPS) is 9.55. The van der Waals surface area contributed by atoms with E-state index in [0.29, 0.717) is 6.42 Å². The number of nitrogens with zero attached hydrogens (tertiary/aromatic N) is 1. The third-order valence-electron chi connectivity index (χ3n) is 0.982. The van der Waals surface area contributed by atoms with E-state index in [1.165, 1.54) is 6.20 Å². The molecule has 0 saturated carbocycles. The van der Waals surface area contributed by atoms with Crippen LogP contribution in [0.1, 0.15) is 6.42 Å². The van der Waals surface area contributed by atoms with Crippen molar-refractivity contribution < 1.29 is 9.53 Å². The number of hydrogen-bond acceptors (Lipinski definition) is 3. The Balaban J connectivity index is 2.37. The standard InChI is InChI=1S/C6H7IN2O2/c7-2-1-5(10)11-6-8-3-4-9-6/h3-4H,1-2H2,(H,8,9). The van der Waals surface area contributed by atoms with E-state index in [-0.39, 0.29) is 12.0 Å². The van der Waals surface area contributed by atoms with Gasteiger partial charge in [0, 0.05) is 16.8 Å². The number of carbonyl (C=O) groups excluding carboxylic acids is 1. The minimum absolute atomic E-state index is 0.255. The lowest BCUT2D eigenvalue weighted by Crippen LogP contribution is -2.08. The molecular formula is C6H7IN2O2. The van der Waals surface area contributed by atoms with Crippen LogP contribution in [0.5, 0.6) is 6.01 Å². The Morgan fingerprint density at radius 3 is 3.18 bits per heavy atom. The second-order valence-corrected chi connectivity index (χ2v) is 2.89. The number of rotatable bonds is 3. The van der Waals surface area contributed by atoms with Gasteiger partial charge in [-0.15, -0.1) is 0 Å². The van der Waals surface area contributed by atoms with Crippen LogP contribution >= 0.6 is 22.6 Å². The van der Waals surface area contributed by atoms with Crippen LogP contribution in [0.25, 0.3) is 0 Å². The Kier molecular flexibility index (Phi) is 3.34. The van der Waals surface area contributed by atoms with Crippen molar-refractivity contribution in [3.05, 3.63) is 12.4 Å². The van der Waals surface area contributed by atoms with Gasteiger partial charge in [-0.2, -0.15) is 0 Å². The fourth-order valence-electron chi connectivity index (χ4n) is 0.543. The molecule has 0 amide bonds. The zero-order valence-electron chi connectivity index (χ0n) is 5.71. The van der Waals surface area contributed by atoms with Crippen LogP contribution in [-0.2, 0) is 4.79 Å². The lowest BCUT2D eigenvalue weighted by Gasteiger charge is -1.96.